The molecule has 1 aliphatic rings. The van der Waals surface area contributed by atoms with Crippen molar-refractivity contribution in [3.8, 4) is 17.0 Å². The monoisotopic (exact) mass is 445 g/mol. The van der Waals surface area contributed by atoms with Gasteiger partial charge in [-0.15, -0.1) is 0 Å². The van der Waals surface area contributed by atoms with Crippen molar-refractivity contribution in [2.75, 3.05) is 13.2 Å². The third-order valence-electron chi connectivity index (χ3n) is 5.38. The summed E-state index contributed by atoms with van der Waals surface area (Å²) in [6.07, 6.45) is 0.436. The van der Waals surface area contributed by atoms with Crippen molar-refractivity contribution in [1.29, 1.82) is 0 Å². The number of aliphatic hydroxyl groups is 1. The average molecular weight is 446 g/mol. The fourth-order valence-electron chi connectivity index (χ4n) is 4.04. The number of H-pyrrole nitrogens is 1. The molecule has 156 valence electrons. The Labute approximate surface area is 184 Å². The summed E-state index contributed by atoms with van der Waals surface area (Å²) in [6, 6.07) is 8.53. The number of hydrogen-bond donors (Lipinski definition) is 3. The molecular formula is C22H21Cl2N3O3. The lowest BCUT2D eigenvalue weighted by atomic mass is 9.94. The molecule has 1 aliphatic heterocycles. The average Bonchev–Trinajstić information content (AvgIpc) is 3.24. The highest BCUT2D eigenvalue weighted by Crippen LogP contribution is 2.46. The van der Waals surface area contributed by atoms with Crippen LogP contribution in [0.3, 0.4) is 0 Å². The van der Waals surface area contributed by atoms with E-state index in [-0.39, 0.29) is 18.3 Å². The second-order valence-corrected chi connectivity index (χ2v) is 8.31. The van der Waals surface area contributed by atoms with Gasteiger partial charge in [0.2, 0.25) is 0 Å². The van der Waals surface area contributed by atoms with Gasteiger partial charge in [0.25, 0.3) is 5.91 Å². The van der Waals surface area contributed by atoms with Crippen molar-refractivity contribution < 1.29 is 15.0 Å². The van der Waals surface area contributed by atoms with Crippen LogP contribution in [0.15, 0.2) is 30.3 Å². The van der Waals surface area contributed by atoms with Gasteiger partial charge in [0, 0.05) is 24.3 Å². The highest BCUT2D eigenvalue weighted by Gasteiger charge is 2.42. The molecule has 0 spiro atoms. The number of nitrogens with zero attached hydrogens (tertiary/aromatic N) is 2. The molecule has 3 aromatic rings. The number of aromatic amines is 1. The summed E-state index contributed by atoms with van der Waals surface area (Å²) < 4.78 is 0. The van der Waals surface area contributed by atoms with Crippen LogP contribution in [-0.2, 0) is 0 Å². The lowest BCUT2D eigenvalue weighted by molar-refractivity contribution is 0.0732. The largest absolute Gasteiger partial charge is 0.507 e. The molecule has 3 N–H and O–H groups in total. The third kappa shape index (κ3) is 3.35. The molecule has 6 nitrogen and oxygen atoms in total. The second-order valence-electron chi connectivity index (χ2n) is 7.49. The number of aliphatic hydroxyl groups excluding tert-OH is 1. The molecule has 4 rings (SSSR count). The molecule has 0 bridgehead atoms. The summed E-state index contributed by atoms with van der Waals surface area (Å²) in [5.41, 5.74) is 4.62. The predicted octanol–water partition coefficient (Wildman–Crippen LogP) is 4.63. The number of phenolic OH excluding ortho intramolecular Hbond substituents is 1. The number of rotatable bonds is 5. The first-order valence-corrected chi connectivity index (χ1v) is 10.3. The summed E-state index contributed by atoms with van der Waals surface area (Å²) in [7, 11) is 0. The zero-order chi connectivity index (χ0) is 21.6. The van der Waals surface area contributed by atoms with E-state index in [4.69, 9.17) is 23.2 Å². The Morgan fingerprint density at radius 2 is 1.93 bits per heavy atom. The number of halogens is 2. The topological polar surface area (TPSA) is 89.5 Å². The van der Waals surface area contributed by atoms with Gasteiger partial charge in [0.1, 0.15) is 17.1 Å². The van der Waals surface area contributed by atoms with Gasteiger partial charge in [-0.2, -0.15) is 5.10 Å². The molecule has 8 heteroatoms. The number of aromatic hydroxyl groups is 1. The zero-order valence-electron chi connectivity index (χ0n) is 16.5. The first-order valence-electron chi connectivity index (χ1n) is 9.59. The lowest BCUT2D eigenvalue weighted by Gasteiger charge is -2.26. The van der Waals surface area contributed by atoms with Crippen LogP contribution >= 0.6 is 23.2 Å². The number of phenols is 1. The molecule has 0 aliphatic carbocycles. The van der Waals surface area contributed by atoms with Crippen molar-refractivity contribution in [2.24, 2.45) is 0 Å². The van der Waals surface area contributed by atoms with E-state index < -0.39 is 6.04 Å². The van der Waals surface area contributed by atoms with Crippen LogP contribution in [0.25, 0.3) is 11.3 Å². The molecule has 1 aromatic heterocycles. The Morgan fingerprint density at radius 1 is 1.17 bits per heavy atom. The van der Waals surface area contributed by atoms with Crippen molar-refractivity contribution in [3.05, 3.63) is 68.3 Å². The van der Waals surface area contributed by atoms with Crippen LogP contribution in [0, 0.1) is 13.8 Å². The van der Waals surface area contributed by atoms with Crippen LogP contribution in [0.5, 0.6) is 5.75 Å². The van der Waals surface area contributed by atoms with Crippen molar-refractivity contribution in [1.82, 2.24) is 15.1 Å². The highest BCUT2D eigenvalue weighted by atomic mass is 35.5. The minimum absolute atomic E-state index is 0.0330. The number of benzene rings is 2. The Morgan fingerprint density at radius 3 is 2.63 bits per heavy atom. The minimum Gasteiger partial charge on any atom is -0.507 e. The molecule has 2 aromatic carbocycles. The maximum atomic E-state index is 13.2. The maximum Gasteiger partial charge on any atom is 0.273 e. The van der Waals surface area contributed by atoms with E-state index in [1.54, 1.807) is 17.0 Å². The van der Waals surface area contributed by atoms with Crippen molar-refractivity contribution in [3.63, 3.8) is 0 Å². The third-order valence-corrected chi connectivity index (χ3v) is 6.12. The number of fused-ring (bicyclic) bond motifs is 1. The van der Waals surface area contributed by atoms with E-state index in [2.05, 4.69) is 10.2 Å². The van der Waals surface area contributed by atoms with Gasteiger partial charge in [-0.3, -0.25) is 9.89 Å². The van der Waals surface area contributed by atoms with Gasteiger partial charge in [0.05, 0.1) is 16.1 Å². The number of nitrogens with one attached hydrogen (secondary N) is 1. The van der Waals surface area contributed by atoms with Gasteiger partial charge >= 0.3 is 0 Å². The van der Waals surface area contributed by atoms with E-state index in [9.17, 15) is 15.0 Å². The Bertz CT molecular complexity index is 1140. The number of carbonyl (C=O) groups excluding carboxylic acids is 1. The van der Waals surface area contributed by atoms with Gasteiger partial charge in [-0.1, -0.05) is 35.3 Å². The van der Waals surface area contributed by atoms with Gasteiger partial charge in [-0.25, -0.2) is 0 Å². The summed E-state index contributed by atoms with van der Waals surface area (Å²) in [5.74, 6) is -0.0822. The lowest BCUT2D eigenvalue weighted by Crippen LogP contribution is -2.31. The first kappa shape index (κ1) is 20.7. The Kier molecular flexibility index (Phi) is 5.49. The van der Waals surface area contributed by atoms with Crippen LogP contribution in [-0.4, -0.2) is 44.4 Å². The van der Waals surface area contributed by atoms with E-state index in [0.717, 1.165) is 16.7 Å². The number of carbonyl (C=O) groups is 1. The predicted molar refractivity (Wildman–Crippen MR) is 116 cm³/mol. The van der Waals surface area contributed by atoms with Crippen molar-refractivity contribution in [2.45, 2.75) is 26.3 Å². The SMILES string of the molecule is Cc1cc(C)c(O)c(-c2n[nH]c3c2[C@@H](c2ccc(Cl)c(Cl)c2)N(CCCO)C3=O)c1. The normalized spacial score (nSPS) is 15.7. The first-order chi connectivity index (χ1) is 14.3. The molecule has 0 fully saturated rings. The molecule has 2 heterocycles. The molecular weight excluding hydrogens is 425 g/mol. The summed E-state index contributed by atoms with van der Waals surface area (Å²) in [5, 5.41) is 28.1. The summed E-state index contributed by atoms with van der Waals surface area (Å²) >= 11 is 12.4. The van der Waals surface area contributed by atoms with Crippen LogP contribution in [0.4, 0.5) is 0 Å². The van der Waals surface area contributed by atoms with Gasteiger partial charge < -0.3 is 15.1 Å². The van der Waals surface area contributed by atoms with E-state index in [1.807, 2.05) is 32.0 Å². The smallest absolute Gasteiger partial charge is 0.273 e. The maximum absolute atomic E-state index is 13.2. The number of amides is 1. The second kappa shape index (κ2) is 7.95. The van der Waals surface area contributed by atoms with Gasteiger partial charge in [-0.05, 0) is 55.2 Å². The minimum atomic E-state index is -0.470. The number of hydrogen-bond acceptors (Lipinski definition) is 4. The molecule has 0 saturated heterocycles. The number of aromatic nitrogens is 2. The van der Waals surface area contributed by atoms with Crippen LogP contribution in [0.1, 0.15) is 45.2 Å². The molecule has 1 amide bonds. The molecule has 0 radical (unpaired) electrons. The molecule has 0 saturated carbocycles. The summed E-state index contributed by atoms with van der Waals surface area (Å²) in [6.45, 7) is 4.10. The van der Waals surface area contributed by atoms with Crippen LogP contribution < -0.4 is 0 Å². The highest BCUT2D eigenvalue weighted by molar-refractivity contribution is 6.42. The van der Waals surface area contributed by atoms with Crippen molar-refractivity contribution >= 4 is 29.1 Å². The fraction of sp³-hybridized carbons (Fsp3) is 0.273. The van der Waals surface area contributed by atoms with E-state index in [0.29, 0.717) is 45.5 Å². The van der Waals surface area contributed by atoms with Crippen LogP contribution in [0.2, 0.25) is 10.0 Å². The summed E-state index contributed by atoms with van der Waals surface area (Å²) in [4.78, 5) is 14.8. The van der Waals surface area contributed by atoms with E-state index in [1.165, 1.54) is 0 Å². The standard InChI is InChI=1S/C22H21Cl2N3O3/c1-11-8-12(2)21(29)14(9-11)18-17-19(26-25-18)22(30)27(6-3-7-28)20(17)13-4-5-15(23)16(24)10-13/h4-5,8-10,20,28-29H,3,6-7H2,1-2H3,(H,25,26)/t20-/m1/s1. The quantitative estimate of drug-likeness (QED) is 0.533. The Balaban J connectivity index is 1.93. The van der Waals surface area contributed by atoms with Gasteiger partial charge in [0.15, 0.2) is 0 Å². The molecule has 30 heavy (non-hydrogen) atoms. The molecule has 0 unspecified atom stereocenters. The molecule has 1 atom stereocenters. The fourth-order valence-corrected chi connectivity index (χ4v) is 4.35. The Hall–Kier alpha value is -2.54. The number of aryl methyl sites for hydroxylation is 2. The van der Waals surface area contributed by atoms with E-state index >= 15 is 0 Å². The zero-order valence-corrected chi connectivity index (χ0v) is 18.1.